The third-order valence-corrected chi connectivity index (χ3v) is 4.86. The molecule has 2 aliphatic carbocycles. The van der Waals surface area contributed by atoms with Gasteiger partial charge in [-0.15, -0.1) is 0 Å². The summed E-state index contributed by atoms with van der Waals surface area (Å²) in [5, 5.41) is 6.18. The van der Waals surface area contributed by atoms with Crippen LogP contribution in [0.1, 0.15) is 38.5 Å². The Balaban J connectivity index is 1.26. The molecule has 2 N–H and O–H groups in total. The van der Waals surface area contributed by atoms with Gasteiger partial charge >= 0.3 is 0 Å². The van der Waals surface area contributed by atoms with Crippen LogP contribution in [0.15, 0.2) is 18.5 Å². The first kappa shape index (κ1) is 14.3. The van der Waals surface area contributed by atoms with Crippen molar-refractivity contribution < 1.29 is 4.79 Å². The average Bonchev–Trinajstić information content (AvgIpc) is 3.10. The van der Waals surface area contributed by atoms with Gasteiger partial charge in [0.05, 0.1) is 0 Å². The van der Waals surface area contributed by atoms with E-state index in [1.54, 1.807) is 18.5 Å². The molecule has 21 heavy (non-hydrogen) atoms. The lowest BCUT2D eigenvalue weighted by molar-refractivity contribution is -0.122. The zero-order valence-corrected chi connectivity index (χ0v) is 12.4. The Morgan fingerprint density at radius 1 is 1.19 bits per heavy atom. The van der Waals surface area contributed by atoms with Gasteiger partial charge < -0.3 is 10.6 Å². The van der Waals surface area contributed by atoms with Crippen LogP contribution in [0.3, 0.4) is 0 Å². The van der Waals surface area contributed by atoms with Gasteiger partial charge in [0.2, 0.25) is 11.9 Å². The van der Waals surface area contributed by atoms with Gasteiger partial charge in [0.15, 0.2) is 0 Å². The average molecular weight is 288 g/mol. The highest BCUT2D eigenvalue weighted by atomic mass is 16.1. The fraction of sp³-hybridized carbons (Fsp3) is 0.688. The molecule has 0 aromatic carbocycles. The Hall–Kier alpha value is -1.65. The lowest BCUT2D eigenvalue weighted by Gasteiger charge is -2.20. The number of nitrogens with one attached hydrogen (secondary N) is 2. The van der Waals surface area contributed by atoms with E-state index in [1.165, 1.54) is 25.7 Å². The van der Waals surface area contributed by atoms with Crippen molar-refractivity contribution in [2.75, 3.05) is 18.4 Å². The van der Waals surface area contributed by atoms with E-state index in [-0.39, 0.29) is 5.91 Å². The van der Waals surface area contributed by atoms with Gasteiger partial charge in [-0.25, -0.2) is 9.97 Å². The first-order valence-electron chi connectivity index (χ1n) is 8.09. The molecule has 2 fully saturated rings. The zero-order valence-electron chi connectivity index (χ0n) is 12.4. The van der Waals surface area contributed by atoms with E-state index < -0.39 is 0 Å². The van der Waals surface area contributed by atoms with Gasteiger partial charge in [-0.3, -0.25) is 4.79 Å². The molecule has 3 atom stereocenters. The number of nitrogens with zero attached hydrogens (tertiary/aromatic N) is 2. The molecule has 5 heteroatoms. The first-order valence-corrected chi connectivity index (χ1v) is 8.09. The van der Waals surface area contributed by atoms with Gasteiger partial charge in [0.1, 0.15) is 0 Å². The minimum Gasteiger partial charge on any atom is -0.356 e. The highest BCUT2D eigenvalue weighted by Crippen LogP contribution is 2.49. The summed E-state index contributed by atoms with van der Waals surface area (Å²) >= 11 is 0. The molecule has 0 aliphatic heterocycles. The zero-order chi connectivity index (χ0) is 14.5. The van der Waals surface area contributed by atoms with E-state index in [0.717, 1.165) is 37.8 Å². The van der Waals surface area contributed by atoms with Gasteiger partial charge in [0.25, 0.3) is 0 Å². The Labute approximate surface area is 125 Å². The molecule has 1 aromatic rings. The number of rotatable bonds is 7. The maximum atomic E-state index is 12.0. The van der Waals surface area contributed by atoms with Crippen LogP contribution in [0.4, 0.5) is 5.95 Å². The molecular formula is C16H24N4O. The molecule has 1 amide bonds. The number of carbonyl (C=O) groups excluding carboxylic acids is 1. The monoisotopic (exact) mass is 288 g/mol. The first-order chi connectivity index (χ1) is 10.3. The number of fused-ring (bicyclic) bond motifs is 2. The van der Waals surface area contributed by atoms with Crippen LogP contribution < -0.4 is 10.6 Å². The fourth-order valence-corrected chi connectivity index (χ4v) is 3.84. The van der Waals surface area contributed by atoms with Crippen LogP contribution in [0, 0.1) is 17.8 Å². The fourth-order valence-electron chi connectivity index (χ4n) is 3.84. The lowest BCUT2D eigenvalue weighted by Crippen LogP contribution is -2.29. The normalized spacial score (nSPS) is 26.8. The maximum absolute atomic E-state index is 12.0. The summed E-state index contributed by atoms with van der Waals surface area (Å²) in [6, 6.07) is 1.79. The molecule has 2 saturated carbocycles. The van der Waals surface area contributed by atoms with Crippen molar-refractivity contribution in [2.45, 2.75) is 38.5 Å². The second kappa shape index (κ2) is 6.87. The Bertz CT molecular complexity index is 465. The summed E-state index contributed by atoms with van der Waals surface area (Å²) in [5.74, 6) is 3.27. The molecule has 1 aromatic heterocycles. The predicted octanol–water partition coefficient (Wildman–Crippen LogP) is 2.22. The summed E-state index contributed by atoms with van der Waals surface area (Å²) in [5.41, 5.74) is 0. The molecule has 5 nitrogen and oxygen atoms in total. The van der Waals surface area contributed by atoms with Crippen molar-refractivity contribution in [2.24, 2.45) is 17.8 Å². The highest BCUT2D eigenvalue weighted by molar-refractivity contribution is 5.76. The van der Waals surface area contributed by atoms with Crippen molar-refractivity contribution in [1.29, 1.82) is 0 Å². The second-order valence-corrected chi connectivity index (χ2v) is 6.34. The smallest absolute Gasteiger partial charge is 0.222 e. The summed E-state index contributed by atoms with van der Waals surface area (Å²) < 4.78 is 0. The van der Waals surface area contributed by atoms with Crippen LogP contribution in [0.5, 0.6) is 0 Å². The van der Waals surface area contributed by atoms with Crippen LogP contribution in [0.25, 0.3) is 0 Å². The number of carbonyl (C=O) groups is 1. The summed E-state index contributed by atoms with van der Waals surface area (Å²) in [6.45, 7) is 1.50. The number of amides is 1. The van der Waals surface area contributed by atoms with Crippen LogP contribution >= 0.6 is 0 Å². The molecule has 0 radical (unpaired) electrons. The van der Waals surface area contributed by atoms with E-state index in [9.17, 15) is 4.79 Å². The molecule has 3 unspecified atom stereocenters. The SMILES string of the molecule is O=C(CC1CC2CCC1C2)NCCCNc1ncccn1. The summed E-state index contributed by atoms with van der Waals surface area (Å²) in [4.78, 5) is 20.1. The minimum absolute atomic E-state index is 0.225. The van der Waals surface area contributed by atoms with E-state index in [1.807, 2.05) is 0 Å². The number of hydrogen-bond donors (Lipinski definition) is 2. The summed E-state index contributed by atoms with van der Waals surface area (Å²) in [6.07, 6.45) is 10.5. The summed E-state index contributed by atoms with van der Waals surface area (Å²) in [7, 11) is 0. The predicted molar refractivity (Wildman–Crippen MR) is 81.7 cm³/mol. The lowest BCUT2D eigenvalue weighted by atomic mass is 9.86. The van der Waals surface area contributed by atoms with E-state index in [4.69, 9.17) is 0 Å². The molecule has 2 bridgehead atoms. The minimum atomic E-state index is 0.225. The molecular weight excluding hydrogens is 264 g/mol. The Kier molecular flexibility index (Phi) is 4.68. The Morgan fingerprint density at radius 3 is 2.76 bits per heavy atom. The number of anilines is 1. The van der Waals surface area contributed by atoms with Crippen LogP contribution in [-0.4, -0.2) is 29.0 Å². The van der Waals surface area contributed by atoms with Gasteiger partial charge in [-0.2, -0.15) is 0 Å². The van der Waals surface area contributed by atoms with Gasteiger partial charge in [-0.1, -0.05) is 6.42 Å². The molecule has 114 valence electrons. The van der Waals surface area contributed by atoms with Gasteiger partial charge in [0, 0.05) is 31.9 Å². The quantitative estimate of drug-likeness (QED) is 0.755. The molecule has 3 rings (SSSR count). The number of aromatic nitrogens is 2. The molecule has 1 heterocycles. The van der Waals surface area contributed by atoms with E-state index in [2.05, 4.69) is 20.6 Å². The largest absolute Gasteiger partial charge is 0.356 e. The Morgan fingerprint density at radius 2 is 2.05 bits per heavy atom. The third-order valence-electron chi connectivity index (χ3n) is 4.86. The van der Waals surface area contributed by atoms with E-state index >= 15 is 0 Å². The molecule has 2 aliphatic rings. The highest BCUT2D eigenvalue weighted by Gasteiger charge is 2.39. The number of hydrogen-bond acceptors (Lipinski definition) is 4. The van der Waals surface area contributed by atoms with E-state index in [0.29, 0.717) is 11.9 Å². The standard InChI is InChI=1S/C16H24N4O/c21-15(11-14-10-12-3-4-13(14)9-12)17-5-1-6-18-16-19-7-2-8-20-16/h2,7-8,12-14H,1,3-6,9-11H2,(H,17,21)(H,18,19,20). The van der Waals surface area contributed by atoms with Crippen LogP contribution in [0.2, 0.25) is 0 Å². The molecule has 0 spiro atoms. The topological polar surface area (TPSA) is 66.9 Å². The third kappa shape index (κ3) is 3.93. The van der Waals surface area contributed by atoms with Crippen molar-refractivity contribution >= 4 is 11.9 Å². The van der Waals surface area contributed by atoms with Gasteiger partial charge in [-0.05, 0) is 49.5 Å². The van der Waals surface area contributed by atoms with Crippen molar-refractivity contribution in [3.63, 3.8) is 0 Å². The van der Waals surface area contributed by atoms with Crippen LogP contribution in [-0.2, 0) is 4.79 Å². The van der Waals surface area contributed by atoms with Crippen molar-refractivity contribution in [3.8, 4) is 0 Å². The maximum Gasteiger partial charge on any atom is 0.222 e. The van der Waals surface area contributed by atoms with Crippen molar-refractivity contribution in [3.05, 3.63) is 18.5 Å². The second-order valence-electron chi connectivity index (χ2n) is 6.34. The van der Waals surface area contributed by atoms with Crippen molar-refractivity contribution in [1.82, 2.24) is 15.3 Å². The molecule has 0 saturated heterocycles.